The molecule has 0 saturated carbocycles. The summed E-state index contributed by atoms with van der Waals surface area (Å²) in [6.45, 7) is 7.20. The van der Waals surface area contributed by atoms with Gasteiger partial charge in [0.1, 0.15) is 0 Å². The first-order chi connectivity index (χ1) is 6.65. The lowest BCUT2D eigenvalue weighted by atomic mass is 10.1. The number of aromatic amines is 1. The Balaban J connectivity index is 2.70. The SMILES string of the molecule is CCCCn1[nH]cc(CC(C)C)c1=O. The highest BCUT2D eigenvalue weighted by atomic mass is 16.1. The minimum atomic E-state index is 0.159. The van der Waals surface area contributed by atoms with Crippen molar-refractivity contribution >= 4 is 0 Å². The molecule has 3 heteroatoms. The maximum absolute atomic E-state index is 11.7. The number of aromatic nitrogens is 2. The number of unbranched alkanes of at least 4 members (excludes halogenated alkanes) is 1. The first-order valence-electron chi connectivity index (χ1n) is 5.42. The fraction of sp³-hybridized carbons (Fsp3) is 0.727. The van der Waals surface area contributed by atoms with E-state index in [-0.39, 0.29) is 5.56 Å². The van der Waals surface area contributed by atoms with Crippen molar-refractivity contribution in [2.75, 3.05) is 0 Å². The number of hydrogen-bond acceptors (Lipinski definition) is 1. The summed E-state index contributed by atoms with van der Waals surface area (Å²) in [6.07, 6.45) is 4.89. The Hall–Kier alpha value is -0.990. The van der Waals surface area contributed by atoms with Crippen LogP contribution in [-0.2, 0) is 13.0 Å². The standard InChI is InChI=1S/C11H20N2O/c1-4-5-6-13-11(14)10(8-12-13)7-9(2)3/h8-9,12H,4-7H2,1-3H3. The first kappa shape index (κ1) is 11.1. The van der Waals surface area contributed by atoms with Crippen molar-refractivity contribution in [3.63, 3.8) is 0 Å². The molecule has 0 amide bonds. The van der Waals surface area contributed by atoms with E-state index in [2.05, 4.69) is 25.9 Å². The molecule has 0 radical (unpaired) electrons. The van der Waals surface area contributed by atoms with Crippen LogP contribution in [0.25, 0.3) is 0 Å². The van der Waals surface area contributed by atoms with Gasteiger partial charge >= 0.3 is 0 Å². The van der Waals surface area contributed by atoms with E-state index in [1.807, 2.05) is 6.20 Å². The molecular weight excluding hydrogens is 176 g/mol. The predicted molar refractivity (Wildman–Crippen MR) is 58.5 cm³/mol. The van der Waals surface area contributed by atoms with Gasteiger partial charge in [-0.05, 0) is 18.8 Å². The third-order valence-corrected chi connectivity index (χ3v) is 2.28. The van der Waals surface area contributed by atoms with E-state index in [0.717, 1.165) is 31.4 Å². The minimum absolute atomic E-state index is 0.159. The summed E-state index contributed by atoms with van der Waals surface area (Å²) in [5, 5.41) is 3.02. The van der Waals surface area contributed by atoms with Gasteiger partial charge in [0.05, 0.1) is 0 Å². The second-order valence-corrected chi connectivity index (χ2v) is 4.21. The zero-order valence-corrected chi connectivity index (χ0v) is 9.34. The Morgan fingerprint density at radius 3 is 2.79 bits per heavy atom. The second kappa shape index (κ2) is 5.03. The van der Waals surface area contributed by atoms with E-state index < -0.39 is 0 Å². The predicted octanol–water partition coefficient (Wildman–Crippen LogP) is 2.17. The molecule has 1 aromatic rings. The van der Waals surface area contributed by atoms with Crippen molar-refractivity contribution in [2.24, 2.45) is 5.92 Å². The monoisotopic (exact) mass is 196 g/mol. The quantitative estimate of drug-likeness (QED) is 0.770. The zero-order chi connectivity index (χ0) is 10.6. The minimum Gasteiger partial charge on any atom is -0.303 e. The zero-order valence-electron chi connectivity index (χ0n) is 9.34. The molecule has 0 aliphatic rings. The third kappa shape index (κ3) is 2.76. The van der Waals surface area contributed by atoms with Crippen LogP contribution >= 0.6 is 0 Å². The molecule has 0 atom stereocenters. The summed E-state index contributed by atoms with van der Waals surface area (Å²) in [4.78, 5) is 11.7. The van der Waals surface area contributed by atoms with E-state index in [1.54, 1.807) is 4.68 Å². The van der Waals surface area contributed by atoms with Crippen molar-refractivity contribution in [1.29, 1.82) is 0 Å². The smallest absolute Gasteiger partial charge is 0.269 e. The molecule has 0 fully saturated rings. The molecule has 1 rings (SSSR count). The number of aryl methyl sites for hydroxylation is 1. The Morgan fingerprint density at radius 2 is 2.21 bits per heavy atom. The number of rotatable bonds is 5. The van der Waals surface area contributed by atoms with Crippen LogP contribution in [0.4, 0.5) is 0 Å². The van der Waals surface area contributed by atoms with Gasteiger partial charge in [-0.25, -0.2) is 0 Å². The molecule has 1 N–H and O–H groups in total. The van der Waals surface area contributed by atoms with Crippen LogP contribution in [0.2, 0.25) is 0 Å². The molecule has 0 bridgehead atoms. The number of nitrogens with one attached hydrogen (secondary N) is 1. The third-order valence-electron chi connectivity index (χ3n) is 2.28. The second-order valence-electron chi connectivity index (χ2n) is 4.21. The van der Waals surface area contributed by atoms with Crippen LogP contribution in [0.1, 0.15) is 39.2 Å². The fourth-order valence-corrected chi connectivity index (χ4v) is 1.52. The highest BCUT2D eigenvalue weighted by Crippen LogP contribution is 2.02. The molecule has 0 saturated heterocycles. The Bertz CT molecular complexity index is 322. The van der Waals surface area contributed by atoms with E-state index in [1.165, 1.54) is 0 Å². The van der Waals surface area contributed by atoms with Crippen LogP contribution < -0.4 is 5.56 Å². The van der Waals surface area contributed by atoms with Gasteiger partial charge in [-0.2, -0.15) is 0 Å². The molecule has 1 aromatic heterocycles. The Labute approximate surface area is 85.1 Å². The lowest BCUT2D eigenvalue weighted by Gasteiger charge is -2.00. The van der Waals surface area contributed by atoms with Gasteiger partial charge in [0.25, 0.3) is 5.56 Å². The van der Waals surface area contributed by atoms with Gasteiger partial charge in [-0.1, -0.05) is 27.2 Å². The largest absolute Gasteiger partial charge is 0.303 e. The van der Waals surface area contributed by atoms with Gasteiger partial charge in [-0.3, -0.25) is 9.48 Å². The van der Waals surface area contributed by atoms with Crippen LogP contribution in [-0.4, -0.2) is 9.78 Å². The van der Waals surface area contributed by atoms with Gasteiger partial charge in [0.15, 0.2) is 0 Å². The Kier molecular flexibility index (Phi) is 3.98. The average Bonchev–Trinajstić information content (AvgIpc) is 2.45. The summed E-state index contributed by atoms with van der Waals surface area (Å²) in [6, 6.07) is 0. The molecular formula is C11H20N2O. The average molecular weight is 196 g/mol. The molecule has 14 heavy (non-hydrogen) atoms. The van der Waals surface area contributed by atoms with Crippen LogP contribution in [0, 0.1) is 5.92 Å². The first-order valence-corrected chi connectivity index (χ1v) is 5.42. The van der Waals surface area contributed by atoms with Gasteiger partial charge < -0.3 is 5.10 Å². The van der Waals surface area contributed by atoms with Crippen molar-refractivity contribution < 1.29 is 0 Å². The lowest BCUT2D eigenvalue weighted by molar-refractivity contribution is 0.554. The van der Waals surface area contributed by atoms with Gasteiger partial charge in [-0.15, -0.1) is 0 Å². The molecule has 1 heterocycles. The number of nitrogens with zero attached hydrogens (tertiary/aromatic N) is 1. The topological polar surface area (TPSA) is 37.8 Å². The van der Waals surface area contributed by atoms with E-state index in [0.29, 0.717) is 5.92 Å². The molecule has 0 aliphatic carbocycles. The van der Waals surface area contributed by atoms with Crippen molar-refractivity contribution in [3.05, 3.63) is 22.1 Å². The molecule has 0 aliphatic heterocycles. The van der Waals surface area contributed by atoms with Crippen molar-refractivity contribution in [1.82, 2.24) is 9.78 Å². The molecule has 0 spiro atoms. The summed E-state index contributed by atoms with van der Waals surface area (Å²) < 4.78 is 1.71. The van der Waals surface area contributed by atoms with E-state index >= 15 is 0 Å². The van der Waals surface area contributed by atoms with E-state index in [4.69, 9.17) is 0 Å². The number of H-pyrrole nitrogens is 1. The van der Waals surface area contributed by atoms with Crippen LogP contribution in [0.3, 0.4) is 0 Å². The molecule has 80 valence electrons. The normalized spacial score (nSPS) is 11.1. The van der Waals surface area contributed by atoms with Crippen LogP contribution in [0.5, 0.6) is 0 Å². The summed E-state index contributed by atoms with van der Waals surface area (Å²) in [5.41, 5.74) is 1.07. The van der Waals surface area contributed by atoms with Gasteiger partial charge in [0, 0.05) is 18.3 Å². The number of hydrogen-bond donors (Lipinski definition) is 1. The summed E-state index contributed by atoms with van der Waals surface area (Å²) in [5.74, 6) is 0.540. The molecule has 3 nitrogen and oxygen atoms in total. The summed E-state index contributed by atoms with van der Waals surface area (Å²) in [7, 11) is 0. The van der Waals surface area contributed by atoms with Crippen LogP contribution in [0.15, 0.2) is 11.0 Å². The van der Waals surface area contributed by atoms with Crippen molar-refractivity contribution in [2.45, 2.75) is 46.6 Å². The Morgan fingerprint density at radius 1 is 1.50 bits per heavy atom. The summed E-state index contributed by atoms with van der Waals surface area (Å²) >= 11 is 0. The maximum atomic E-state index is 11.7. The van der Waals surface area contributed by atoms with Gasteiger partial charge in [0.2, 0.25) is 0 Å². The maximum Gasteiger partial charge on any atom is 0.269 e. The highest BCUT2D eigenvalue weighted by molar-refractivity contribution is 5.05. The highest BCUT2D eigenvalue weighted by Gasteiger charge is 2.06. The van der Waals surface area contributed by atoms with Crippen molar-refractivity contribution in [3.8, 4) is 0 Å². The molecule has 0 aromatic carbocycles. The van der Waals surface area contributed by atoms with E-state index in [9.17, 15) is 4.79 Å². The molecule has 0 unspecified atom stereocenters. The lowest BCUT2D eigenvalue weighted by Crippen LogP contribution is -2.20. The fourth-order valence-electron chi connectivity index (χ4n) is 1.52.